The average molecular weight is 251 g/mol. The summed E-state index contributed by atoms with van der Waals surface area (Å²) in [6, 6.07) is 18.6. The molecule has 0 aromatic heterocycles. The number of rotatable bonds is 3. The lowest BCUT2D eigenvalue weighted by atomic mass is 10.0. The summed E-state index contributed by atoms with van der Waals surface area (Å²) in [5, 5.41) is 3.76. The minimum Gasteiger partial charge on any atom is -0.307 e. The second-order valence-electron chi connectivity index (χ2n) is 5.67. The van der Waals surface area contributed by atoms with Crippen LogP contribution < -0.4 is 5.32 Å². The molecule has 1 heteroatoms. The summed E-state index contributed by atoms with van der Waals surface area (Å²) in [6.07, 6.45) is 2.32. The fourth-order valence-corrected chi connectivity index (χ4v) is 2.98. The summed E-state index contributed by atoms with van der Waals surface area (Å²) in [5.74, 6) is 0. The van der Waals surface area contributed by atoms with Crippen molar-refractivity contribution < 1.29 is 0 Å². The molecule has 1 aliphatic rings. The molecule has 0 heterocycles. The Kier molecular flexibility index (Phi) is 3.39. The third kappa shape index (κ3) is 2.71. The molecular formula is C18H21N. The van der Waals surface area contributed by atoms with Crippen LogP contribution in [-0.4, -0.2) is 6.04 Å². The SMILES string of the molecule is Cc1ccc([C@H](C)NC2Cc3ccccc3C2)cc1. The van der Waals surface area contributed by atoms with E-state index in [0.29, 0.717) is 12.1 Å². The molecule has 2 aromatic rings. The Balaban J connectivity index is 1.66. The molecular weight excluding hydrogens is 230 g/mol. The molecule has 0 saturated carbocycles. The molecule has 1 aliphatic carbocycles. The standard InChI is InChI=1S/C18H21N/c1-13-7-9-15(10-8-13)14(2)19-18-11-16-5-3-4-6-17(16)12-18/h3-10,14,18-19H,11-12H2,1-2H3/t14-/m0/s1. The van der Waals surface area contributed by atoms with Gasteiger partial charge in [-0.25, -0.2) is 0 Å². The van der Waals surface area contributed by atoms with Crippen molar-refractivity contribution in [2.75, 3.05) is 0 Å². The highest BCUT2D eigenvalue weighted by molar-refractivity contribution is 5.33. The normalized spacial score (nSPS) is 16.3. The molecule has 0 aliphatic heterocycles. The van der Waals surface area contributed by atoms with E-state index in [4.69, 9.17) is 0 Å². The summed E-state index contributed by atoms with van der Waals surface area (Å²) in [7, 11) is 0. The molecule has 0 radical (unpaired) electrons. The zero-order valence-electron chi connectivity index (χ0n) is 11.7. The maximum atomic E-state index is 3.76. The number of hydrogen-bond acceptors (Lipinski definition) is 1. The maximum Gasteiger partial charge on any atom is 0.0294 e. The number of nitrogens with one attached hydrogen (secondary N) is 1. The van der Waals surface area contributed by atoms with Gasteiger partial charge in [-0.2, -0.15) is 0 Å². The summed E-state index contributed by atoms with van der Waals surface area (Å²) in [4.78, 5) is 0. The molecule has 0 unspecified atom stereocenters. The molecule has 0 fully saturated rings. The van der Waals surface area contributed by atoms with Gasteiger partial charge in [-0.05, 0) is 43.4 Å². The Hall–Kier alpha value is -1.60. The zero-order chi connectivity index (χ0) is 13.2. The van der Waals surface area contributed by atoms with Gasteiger partial charge in [-0.3, -0.25) is 0 Å². The number of benzene rings is 2. The van der Waals surface area contributed by atoms with Crippen molar-refractivity contribution in [2.24, 2.45) is 0 Å². The monoisotopic (exact) mass is 251 g/mol. The first-order valence-electron chi connectivity index (χ1n) is 7.12. The molecule has 3 rings (SSSR count). The summed E-state index contributed by atoms with van der Waals surface area (Å²) in [6.45, 7) is 4.39. The lowest BCUT2D eigenvalue weighted by Gasteiger charge is -2.19. The van der Waals surface area contributed by atoms with Crippen LogP contribution in [0.4, 0.5) is 0 Å². The summed E-state index contributed by atoms with van der Waals surface area (Å²) >= 11 is 0. The van der Waals surface area contributed by atoms with Crippen LogP contribution in [-0.2, 0) is 12.8 Å². The maximum absolute atomic E-state index is 3.76. The number of fused-ring (bicyclic) bond motifs is 1. The average Bonchev–Trinajstić information content (AvgIpc) is 2.81. The van der Waals surface area contributed by atoms with Gasteiger partial charge in [0, 0.05) is 12.1 Å². The van der Waals surface area contributed by atoms with E-state index in [2.05, 4.69) is 67.7 Å². The van der Waals surface area contributed by atoms with Gasteiger partial charge in [-0.1, -0.05) is 54.1 Å². The molecule has 1 nitrogen and oxygen atoms in total. The lowest BCUT2D eigenvalue weighted by molar-refractivity contribution is 0.467. The van der Waals surface area contributed by atoms with E-state index < -0.39 is 0 Å². The minimum atomic E-state index is 0.417. The first-order valence-corrected chi connectivity index (χ1v) is 7.12. The highest BCUT2D eigenvalue weighted by Gasteiger charge is 2.22. The van der Waals surface area contributed by atoms with Gasteiger partial charge in [0.2, 0.25) is 0 Å². The molecule has 0 saturated heterocycles. The van der Waals surface area contributed by atoms with E-state index >= 15 is 0 Å². The quantitative estimate of drug-likeness (QED) is 0.874. The fraction of sp³-hybridized carbons (Fsp3) is 0.333. The Morgan fingerprint density at radius 1 is 0.947 bits per heavy atom. The van der Waals surface area contributed by atoms with Crippen LogP contribution in [0.5, 0.6) is 0 Å². The van der Waals surface area contributed by atoms with Crippen molar-refractivity contribution >= 4 is 0 Å². The van der Waals surface area contributed by atoms with Crippen LogP contribution in [0.1, 0.15) is 35.2 Å². The molecule has 1 N–H and O–H groups in total. The first-order chi connectivity index (χ1) is 9.22. The second kappa shape index (κ2) is 5.18. The Morgan fingerprint density at radius 3 is 2.11 bits per heavy atom. The van der Waals surface area contributed by atoms with Gasteiger partial charge in [0.1, 0.15) is 0 Å². The summed E-state index contributed by atoms with van der Waals surface area (Å²) < 4.78 is 0. The second-order valence-corrected chi connectivity index (χ2v) is 5.67. The third-order valence-corrected chi connectivity index (χ3v) is 4.11. The molecule has 0 bridgehead atoms. The van der Waals surface area contributed by atoms with Gasteiger partial charge in [0.25, 0.3) is 0 Å². The van der Waals surface area contributed by atoms with Gasteiger partial charge in [0.05, 0.1) is 0 Å². The van der Waals surface area contributed by atoms with Crippen molar-refractivity contribution in [3.05, 3.63) is 70.8 Å². The topological polar surface area (TPSA) is 12.0 Å². The number of aryl methyl sites for hydroxylation is 1. The number of hydrogen-bond donors (Lipinski definition) is 1. The minimum absolute atomic E-state index is 0.417. The Labute approximate surface area is 115 Å². The Bertz CT molecular complexity index is 531. The fourth-order valence-electron chi connectivity index (χ4n) is 2.98. The largest absolute Gasteiger partial charge is 0.307 e. The van der Waals surface area contributed by atoms with E-state index in [1.165, 1.54) is 22.3 Å². The van der Waals surface area contributed by atoms with Crippen LogP contribution in [0, 0.1) is 6.92 Å². The van der Waals surface area contributed by atoms with Crippen molar-refractivity contribution in [1.82, 2.24) is 5.32 Å². The predicted molar refractivity (Wildman–Crippen MR) is 80.4 cm³/mol. The Morgan fingerprint density at radius 2 is 1.53 bits per heavy atom. The highest BCUT2D eigenvalue weighted by Crippen LogP contribution is 2.24. The van der Waals surface area contributed by atoms with E-state index in [9.17, 15) is 0 Å². The molecule has 98 valence electrons. The molecule has 0 amide bonds. The van der Waals surface area contributed by atoms with Crippen LogP contribution in [0.25, 0.3) is 0 Å². The molecule has 2 aromatic carbocycles. The van der Waals surface area contributed by atoms with Crippen LogP contribution in [0.2, 0.25) is 0 Å². The van der Waals surface area contributed by atoms with Gasteiger partial charge < -0.3 is 5.32 Å². The lowest BCUT2D eigenvalue weighted by Crippen LogP contribution is -2.32. The van der Waals surface area contributed by atoms with Crippen molar-refractivity contribution in [2.45, 2.75) is 38.8 Å². The first kappa shape index (κ1) is 12.4. The van der Waals surface area contributed by atoms with Crippen molar-refractivity contribution in [1.29, 1.82) is 0 Å². The van der Waals surface area contributed by atoms with Gasteiger partial charge in [0.15, 0.2) is 0 Å². The zero-order valence-corrected chi connectivity index (χ0v) is 11.7. The van der Waals surface area contributed by atoms with Crippen LogP contribution in [0.15, 0.2) is 48.5 Å². The predicted octanol–water partition coefficient (Wildman–Crippen LogP) is 3.81. The molecule has 1 atom stereocenters. The van der Waals surface area contributed by atoms with Crippen LogP contribution >= 0.6 is 0 Å². The van der Waals surface area contributed by atoms with E-state index in [1.807, 2.05) is 0 Å². The van der Waals surface area contributed by atoms with Crippen LogP contribution in [0.3, 0.4) is 0 Å². The van der Waals surface area contributed by atoms with Crippen molar-refractivity contribution in [3.8, 4) is 0 Å². The van der Waals surface area contributed by atoms with Gasteiger partial charge in [-0.15, -0.1) is 0 Å². The van der Waals surface area contributed by atoms with Gasteiger partial charge >= 0.3 is 0 Å². The van der Waals surface area contributed by atoms with E-state index in [1.54, 1.807) is 0 Å². The smallest absolute Gasteiger partial charge is 0.0294 e. The molecule has 0 spiro atoms. The van der Waals surface area contributed by atoms with Crippen molar-refractivity contribution in [3.63, 3.8) is 0 Å². The van der Waals surface area contributed by atoms with E-state index in [0.717, 1.165) is 12.8 Å². The van der Waals surface area contributed by atoms with E-state index in [-0.39, 0.29) is 0 Å². The molecule has 19 heavy (non-hydrogen) atoms. The highest BCUT2D eigenvalue weighted by atomic mass is 14.9. The summed E-state index contributed by atoms with van der Waals surface area (Å²) in [5.41, 5.74) is 5.72. The third-order valence-electron chi connectivity index (χ3n) is 4.11.